The highest BCUT2D eigenvalue weighted by Gasteiger charge is 2.50. The minimum atomic E-state index is -0.658. The fraction of sp³-hybridized carbons (Fsp3) is 0.0244. The summed E-state index contributed by atoms with van der Waals surface area (Å²) in [6, 6.07) is 52.0. The fourth-order valence-electron chi connectivity index (χ4n) is 6.89. The Labute approximate surface area is 261 Å². The van der Waals surface area contributed by atoms with Crippen molar-refractivity contribution in [2.45, 2.75) is 5.41 Å². The van der Waals surface area contributed by atoms with Crippen LogP contribution >= 0.6 is 0 Å². The maximum absolute atomic E-state index is 6.88. The molecule has 2 aliphatic heterocycles. The third-order valence-electron chi connectivity index (χ3n) is 8.87. The molecule has 0 radical (unpaired) electrons. The minimum absolute atomic E-state index is 0.658. The van der Waals surface area contributed by atoms with Gasteiger partial charge >= 0.3 is 0 Å². The van der Waals surface area contributed by atoms with Crippen molar-refractivity contribution in [3.8, 4) is 56.8 Å². The Bertz CT molecular complexity index is 2180. The fourth-order valence-corrected chi connectivity index (χ4v) is 6.89. The summed E-state index contributed by atoms with van der Waals surface area (Å²) in [6.07, 6.45) is 1.82. The quantitative estimate of drug-likeness (QED) is 0.209. The topological polar surface area (TPSA) is 44.2 Å². The molecule has 0 amide bonds. The van der Waals surface area contributed by atoms with Gasteiger partial charge in [0.05, 0.1) is 22.5 Å². The summed E-state index contributed by atoms with van der Waals surface area (Å²) in [4.78, 5) is 9.67. The monoisotopic (exact) mass is 578 g/mol. The molecular formula is C41H26N2O2. The van der Waals surface area contributed by atoms with Gasteiger partial charge in [-0.05, 0) is 48.5 Å². The van der Waals surface area contributed by atoms with Gasteiger partial charge in [0, 0.05) is 45.1 Å². The summed E-state index contributed by atoms with van der Waals surface area (Å²) >= 11 is 0. The zero-order valence-corrected chi connectivity index (χ0v) is 24.2. The van der Waals surface area contributed by atoms with Crippen molar-refractivity contribution in [2.75, 3.05) is 0 Å². The summed E-state index contributed by atoms with van der Waals surface area (Å²) < 4.78 is 13.4. The average Bonchev–Trinajstić information content (AvgIpc) is 3.12. The maximum Gasteiger partial charge on any atom is 0.132 e. The molecule has 1 spiro atoms. The molecule has 212 valence electrons. The van der Waals surface area contributed by atoms with Crippen molar-refractivity contribution >= 4 is 0 Å². The molecule has 0 N–H and O–H groups in total. The highest BCUT2D eigenvalue weighted by atomic mass is 16.5. The number of fused-ring (bicyclic) bond motifs is 8. The zero-order valence-electron chi connectivity index (χ0n) is 24.2. The van der Waals surface area contributed by atoms with Crippen LogP contribution in [0.15, 0.2) is 158 Å². The van der Waals surface area contributed by atoms with E-state index in [-0.39, 0.29) is 0 Å². The van der Waals surface area contributed by atoms with E-state index >= 15 is 0 Å². The second-order valence-electron chi connectivity index (χ2n) is 11.4. The summed E-state index contributed by atoms with van der Waals surface area (Å²) in [5, 5.41) is 0. The highest BCUT2D eigenvalue weighted by molar-refractivity contribution is 5.79. The lowest BCUT2D eigenvalue weighted by molar-refractivity contribution is 0.399. The molecule has 4 nitrogen and oxygen atoms in total. The Morgan fingerprint density at radius 1 is 0.378 bits per heavy atom. The lowest BCUT2D eigenvalue weighted by atomic mass is 9.62. The first-order valence-corrected chi connectivity index (χ1v) is 15.1. The first kappa shape index (κ1) is 25.5. The van der Waals surface area contributed by atoms with Gasteiger partial charge < -0.3 is 9.47 Å². The molecule has 0 bridgehead atoms. The highest BCUT2D eigenvalue weighted by Crippen LogP contribution is 2.61. The van der Waals surface area contributed by atoms with E-state index in [1.807, 2.05) is 60.8 Å². The summed E-state index contributed by atoms with van der Waals surface area (Å²) in [5.74, 6) is 3.26. The molecule has 0 saturated heterocycles. The van der Waals surface area contributed by atoms with Crippen LogP contribution in [0.3, 0.4) is 0 Å². The van der Waals surface area contributed by atoms with E-state index in [0.717, 1.165) is 79.0 Å². The standard InChI is InChI=1S/C41H26N2O2/c1-2-11-27(12-3-1)35-16-10-17-36(43-35)29-21-23-33-40(26-29)45-39-25-28(34-15-8-9-24-42-34)20-22-32(39)41(33)30-13-4-6-18-37(30)44-38-19-7-5-14-31(38)41/h1-26H. The molecule has 45 heavy (non-hydrogen) atoms. The predicted molar refractivity (Wildman–Crippen MR) is 177 cm³/mol. The number of aromatic nitrogens is 2. The maximum atomic E-state index is 6.88. The number of ether oxygens (including phenoxy) is 2. The predicted octanol–water partition coefficient (Wildman–Crippen LogP) is 10.1. The number of pyridine rings is 2. The first-order chi connectivity index (χ1) is 22.3. The number of rotatable bonds is 3. The molecule has 0 saturated carbocycles. The molecule has 0 unspecified atom stereocenters. The zero-order chi connectivity index (χ0) is 29.8. The van der Waals surface area contributed by atoms with Crippen LogP contribution < -0.4 is 9.47 Å². The molecule has 2 aromatic heterocycles. The largest absolute Gasteiger partial charge is 0.457 e. The van der Waals surface area contributed by atoms with E-state index in [0.29, 0.717) is 0 Å². The van der Waals surface area contributed by atoms with Gasteiger partial charge in [-0.15, -0.1) is 0 Å². The van der Waals surface area contributed by atoms with Crippen molar-refractivity contribution in [1.82, 2.24) is 9.97 Å². The number of hydrogen-bond acceptors (Lipinski definition) is 4. The number of nitrogens with zero attached hydrogens (tertiary/aromatic N) is 2. The minimum Gasteiger partial charge on any atom is -0.457 e. The van der Waals surface area contributed by atoms with Crippen LogP contribution in [0.2, 0.25) is 0 Å². The van der Waals surface area contributed by atoms with Crippen molar-refractivity contribution in [3.05, 3.63) is 180 Å². The van der Waals surface area contributed by atoms with Crippen LogP contribution in [-0.4, -0.2) is 9.97 Å². The van der Waals surface area contributed by atoms with Crippen molar-refractivity contribution in [1.29, 1.82) is 0 Å². The molecule has 9 rings (SSSR count). The smallest absolute Gasteiger partial charge is 0.132 e. The van der Waals surface area contributed by atoms with Crippen LogP contribution in [0, 0.1) is 0 Å². The van der Waals surface area contributed by atoms with E-state index in [1.54, 1.807) is 0 Å². The van der Waals surface area contributed by atoms with Gasteiger partial charge in [0.25, 0.3) is 0 Å². The molecule has 5 aromatic carbocycles. The normalized spacial score (nSPS) is 13.4. The SMILES string of the molecule is c1ccc(-c2cccc(-c3ccc4c(c3)Oc3cc(-c5ccccn5)ccc3C43c4ccccc4Oc4ccccc43)n2)cc1. The second-order valence-corrected chi connectivity index (χ2v) is 11.4. The van der Waals surface area contributed by atoms with E-state index in [2.05, 4.69) is 102 Å². The van der Waals surface area contributed by atoms with E-state index in [4.69, 9.17) is 14.5 Å². The molecule has 4 heteroatoms. The Morgan fingerprint density at radius 3 is 1.53 bits per heavy atom. The molecule has 0 aliphatic carbocycles. The number of para-hydroxylation sites is 2. The lowest BCUT2D eigenvalue weighted by Crippen LogP contribution is -2.36. The summed E-state index contributed by atoms with van der Waals surface area (Å²) in [5.41, 5.74) is 9.41. The van der Waals surface area contributed by atoms with Gasteiger partial charge in [-0.3, -0.25) is 4.98 Å². The van der Waals surface area contributed by atoms with Gasteiger partial charge in [0.1, 0.15) is 23.0 Å². The Hall–Kier alpha value is -6.00. The summed E-state index contributed by atoms with van der Waals surface area (Å²) in [6.45, 7) is 0. The molecule has 0 atom stereocenters. The third-order valence-corrected chi connectivity index (χ3v) is 8.87. The Morgan fingerprint density at radius 2 is 0.889 bits per heavy atom. The average molecular weight is 579 g/mol. The molecule has 2 aliphatic rings. The molecular weight excluding hydrogens is 552 g/mol. The van der Waals surface area contributed by atoms with Crippen molar-refractivity contribution < 1.29 is 9.47 Å². The van der Waals surface area contributed by atoms with Crippen LogP contribution in [0.4, 0.5) is 0 Å². The van der Waals surface area contributed by atoms with Gasteiger partial charge in [-0.2, -0.15) is 0 Å². The first-order valence-electron chi connectivity index (χ1n) is 15.1. The third kappa shape index (κ3) is 3.93. The van der Waals surface area contributed by atoms with Gasteiger partial charge in [0.2, 0.25) is 0 Å². The van der Waals surface area contributed by atoms with Gasteiger partial charge in [-0.1, -0.05) is 103 Å². The van der Waals surface area contributed by atoms with Crippen LogP contribution in [0.5, 0.6) is 23.0 Å². The number of benzene rings is 5. The van der Waals surface area contributed by atoms with Crippen LogP contribution in [0.25, 0.3) is 33.8 Å². The molecule has 7 aromatic rings. The summed E-state index contributed by atoms with van der Waals surface area (Å²) in [7, 11) is 0. The van der Waals surface area contributed by atoms with Gasteiger partial charge in [0.15, 0.2) is 0 Å². The second kappa shape index (κ2) is 10.0. The molecule has 4 heterocycles. The van der Waals surface area contributed by atoms with E-state index in [1.165, 1.54) is 0 Å². The van der Waals surface area contributed by atoms with Crippen LogP contribution in [0.1, 0.15) is 22.3 Å². The van der Waals surface area contributed by atoms with Crippen molar-refractivity contribution in [3.63, 3.8) is 0 Å². The van der Waals surface area contributed by atoms with E-state index < -0.39 is 5.41 Å². The van der Waals surface area contributed by atoms with Gasteiger partial charge in [-0.25, -0.2) is 4.98 Å². The van der Waals surface area contributed by atoms with Crippen molar-refractivity contribution in [2.24, 2.45) is 0 Å². The number of hydrogen-bond donors (Lipinski definition) is 0. The van der Waals surface area contributed by atoms with Crippen LogP contribution in [-0.2, 0) is 5.41 Å². The lowest BCUT2D eigenvalue weighted by Gasteiger charge is -2.45. The van der Waals surface area contributed by atoms with E-state index in [9.17, 15) is 0 Å². The molecule has 0 fully saturated rings. The Kier molecular flexibility index (Phi) is 5.69. The Balaban J connectivity index is 1.30.